The molecule has 0 saturated heterocycles. The molecule has 2 aromatic rings. The van der Waals surface area contributed by atoms with Gasteiger partial charge in [-0.1, -0.05) is 66.8 Å². The van der Waals surface area contributed by atoms with Gasteiger partial charge >= 0.3 is 12.1 Å². The number of carboxylic acid groups (broad SMARTS) is 1. The topological polar surface area (TPSA) is 57.5 Å². The van der Waals surface area contributed by atoms with E-state index in [1.807, 2.05) is 54.6 Å². The number of aliphatic hydroxyl groups is 1. The van der Waals surface area contributed by atoms with Crippen molar-refractivity contribution in [2.24, 2.45) is 11.8 Å². The van der Waals surface area contributed by atoms with Gasteiger partial charge in [0.2, 0.25) is 0 Å². The van der Waals surface area contributed by atoms with Gasteiger partial charge in [-0.2, -0.15) is 13.2 Å². The van der Waals surface area contributed by atoms with Gasteiger partial charge in [0.15, 0.2) is 5.60 Å². The van der Waals surface area contributed by atoms with Crippen LogP contribution in [0.3, 0.4) is 0 Å². The Hall–Kier alpha value is -3.12. The van der Waals surface area contributed by atoms with E-state index in [-0.39, 0.29) is 23.5 Å². The quantitative estimate of drug-likeness (QED) is 0.473. The van der Waals surface area contributed by atoms with Gasteiger partial charge in [-0.3, -0.25) is 0 Å². The Balaban J connectivity index is 1.68. The van der Waals surface area contributed by atoms with Crippen LogP contribution in [-0.4, -0.2) is 28.0 Å². The van der Waals surface area contributed by atoms with Crippen molar-refractivity contribution in [3.05, 3.63) is 107 Å². The second-order valence-corrected chi connectivity index (χ2v) is 10.4. The molecule has 3 nitrogen and oxygen atoms in total. The molecule has 0 radical (unpaired) electrons. The number of carbonyl (C=O) groups is 1. The van der Waals surface area contributed by atoms with Crippen molar-refractivity contribution in [1.29, 1.82) is 0 Å². The minimum absolute atomic E-state index is 0.0160. The van der Waals surface area contributed by atoms with Gasteiger partial charge in [-0.25, -0.2) is 4.79 Å². The van der Waals surface area contributed by atoms with Crippen molar-refractivity contribution in [1.82, 2.24) is 0 Å². The number of alkyl halides is 3. The van der Waals surface area contributed by atoms with Crippen LogP contribution in [0.5, 0.6) is 0 Å². The number of allylic oxidation sites excluding steroid dienone is 5. The summed E-state index contributed by atoms with van der Waals surface area (Å²) >= 11 is 0. The monoisotopic (exact) mass is 494 g/mol. The molecule has 2 N–H and O–H groups in total. The molecule has 3 aliphatic carbocycles. The van der Waals surface area contributed by atoms with Crippen LogP contribution in [0.25, 0.3) is 0 Å². The number of carboxylic acids is 1. The summed E-state index contributed by atoms with van der Waals surface area (Å²) in [5.74, 6) is -1.65. The van der Waals surface area contributed by atoms with Gasteiger partial charge in [0, 0.05) is 5.41 Å². The van der Waals surface area contributed by atoms with Crippen LogP contribution in [-0.2, 0) is 18.3 Å². The lowest BCUT2D eigenvalue weighted by molar-refractivity contribution is -0.259. The second kappa shape index (κ2) is 9.07. The number of rotatable bonds is 4. The molecule has 0 spiro atoms. The van der Waals surface area contributed by atoms with E-state index in [1.165, 1.54) is 0 Å². The van der Waals surface area contributed by atoms with Crippen LogP contribution in [0.1, 0.15) is 52.7 Å². The van der Waals surface area contributed by atoms with E-state index in [2.05, 4.69) is 0 Å². The summed E-state index contributed by atoms with van der Waals surface area (Å²) in [5.41, 5.74) is -0.576. The minimum Gasteiger partial charge on any atom is -0.478 e. The summed E-state index contributed by atoms with van der Waals surface area (Å²) in [5, 5.41) is 20.8. The van der Waals surface area contributed by atoms with Gasteiger partial charge in [0.25, 0.3) is 0 Å². The van der Waals surface area contributed by atoms with Crippen LogP contribution in [0.4, 0.5) is 13.2 Å². The van der Waals surface area contributed by atoms with Gasteiger partial charge in [0.1, 0.15) is 0 Å². The van der Waals surface area contributed by atoms with Crippen molar-refractivity contribution in [2.75, 3.05) is 0 Å². The third-order valence-corrected chi connectivity index (χ3v) is 8.27. The number of aromatic carboxylic acids is 1. The third kappa shape index (κ3) is 4.21. The molecule has 1 unspecified atom stereocenters. The van der Waals surface area contributed by atoms with Gasteiger partial charge < -0.3 is 10.2 Å². The number of fused-ring (bicyclic) bond motifs is 3. The Morgan fingerprint density at radius 3 is 2.56 bits per heavy atom. The van der Waals surface area contributed by atoms with Crippen LogP contribution < -0.4 is 0 Å². The number of aryl methyl sites for hydroxylation is 1. The maximum atomic E-state index is 14.5. The first-order chi connectivity index (χ1) is 17.1. The van der Waals surface area contributed by atoms with Crippen LogP contribution in [0, 0.1) is 11.8 Å². The average Bonchev–Trinajstić information content (AvgIpc) is 2.85. The van der Waals surface area contributed by atoms with E-state index < -0.39 is 35.5 Å². The van der Waals surface area contributed by atoms with Crippen molar-refractivity contribution in [3.8, 4) is 0 Å². The molecular weight excluding hydrogens is 465 g/mol. The second-order valence-electron chi connectivity index (χ2n) is 10.4. The Morgan fingerprint density at radius 2 is 1.89 bits per heavy atom. The molecule has 188 valence electrons. The first kappa shape index (κ1) is 24.6. The van der Waals surface area contributed by atoms with E-state index in [0.717, 1.165) is 16.7 Å². The summed E-state index contributed by atoms with van der Waals surface area (Å²) in [7, 11) is 0. The van der Waals surface area contributed by atoms with E-state index in [1.54, 1.807) is 24.3 Å². The molecule has 4 atom stereocenters. The zero-order valence-electron chi connectivity index (χ0n) is 19.8. The van der Waals surface area contributed by atoms with E-state index in [0.29, 0.717) is 25.7 Å². The van der Waals surface area contributed by atoms with Crippen LogP contribution in [0.15, 0.2) is 84.5 Å². The van der Waals surface area contributed by atoms with Crippen LogP contribution in [0.2, 0.25) is 0 Å². The molecule has 3 aliphatic rings. The van der Waals surface area contributed by atoms with E-state index in [9.17, 15) is 28.2 Å². The molecule has 1 saturated carbocycles. The Labute approximate surface area is 208 Å². The lowest BCUT2D eigenvalue weighted by Crippen LogP contribution is -2.58. The van der Waals surface area contributed by atoms with E-state index >= 15 is 0 Å². The fraction of sp³-hybridized carbons (Fsp3) is 0.367. The highest BCUT2D eigenvalue weighted by Gasteiger charge is 2.63. The largest absolute Gasteiger partial charge is 0.478 e. The molecular formula is C30H29F3O3. The maximum absolute atomic E-state index is 14.5. The normalized spacial score (nSPS) is 30.6. The lowest BCUT2D eigenvalue weighted by atomic mass is 9.51. The number of hydrogen-bond donors (Lipinski definition) is 2. The van der Waals surface area contributed by atoms with E-state index in [4.69, 9.17) is 0 Å². The fourth-order valence-corrected chi connectivity index (χ4v) is 6.49. The third-order valence-electron chi connectivity index (χ3n) is 8.27. The fourth-order valence-electron chi connectivity index (χ4n) is 6.49. The number of halogens is 3. The Kier molecular flexibility index (Phi) is 6.19. The predicted octanol–water partition coefficient (Wildman–Crippen LogP) is 6.57. The number of hydrogen-bond acceptors (Lipinski definition) is 2. The first-order valence-electron chi connectivity index (χ1n) is 12.4. The molecule has 36 heavy (non-hydrogen) atoms. The van der Waals surface area contributed by atoms with Crippen molar-refractivity contribution >= 4 is 5.97 Å². The highest BCUT2D eigenvalue weighted by atomic mass is 19.4. The van der Waals surface area contributed by atoms with Crippen LogP contribution >= 0.6 is 0 Å². The molecule has 0 amide bonds. The molecule has 6 heteroatoms. The SMILES string of the molecule is O=C(O)c1ccc2c(c1)CC[C@@H]1C[C@@](O)(C(F)(F)F)/C(=C/C3C=CC=CC3)C[C@@]21Cc1ccccc1. The zero-order valence-corrected chi connectivity index (χ0v) is 19.8. The summed E-state index contributed by atoms with van der Waals surface area (Å²) in [6.45, 7) is 0. The molecule has 0 aliphatic heterocycles. The summed E-state index contributed by atoms with van der Waals surface area (Å²) in [6.07, 6.45) is 6.03. The smallest absolute Gasteiger partial charge is 0.421 e. The molecule has 5 rings (SSSR count). The predicted molar refractivity (Wildman–Crippen MR) is 132 cm³/mol. The molecule has 0 heterocycles. The number of benzene rings is 2. The first-order valence-corrected chi connectivity index (χ1v) is 12.4. The van der Waals surface area contributed by atoms with Crippen molar-refractivity contribution < 1.29 is 28.2 Å². The lowest BCUT2D eigenvalue weighted by Gasteiger charge is -2.55. The Morgan fingerprint density at radius 1 is 1.11 bits per heavy atom. The Bertz CT molecular complexity index is 1240. The standard InChI is InChI=1S/C30H29F3O3/c31-30(32,33)29(36)19-24-13-11-22-16-23(27(34)35)12-14-26(22)28(24,17-21-9-5-2-6-10-21)18-25(29)15-20-7-3-1-4-8-20/h1-7,9-10,12,14-16,20,24,36H,8,11,13,17-19H2,(H,34,35)/b25-15+/t20?,24-,28-,29+/m1/s1. The summed E-state index contributed by atoms with van der Waals surface area (Å²) < 4.78 is 43.5. The maximum Gasteiger partial charge on any atom is 0.421 e. The molecule has 1 fully saturated rings. The molecule has 2 aromatic carbocycles. The highest BCUT2D eigenvalue weighted by Crippen LogP contribution is 2.59. The summed E-state index contributed by atoms with van der Waals surface area (Å²) in [4.78, 5) is 11.6. The van der Waals surface area contributed by atoms with Crippen molar-refractivity contribution in [3.63, 3.8) is 0 Å². The van der Waals surface area contributed by atoms with Gasteiger partial charge in [-0.15, -0.1) is 0 Å². The summed E-state index contributed by atoms with van der Waals surface area (Å²) in [6, 6.07) is 14.7. The molecule has 0 aromatic heterocycles. The minimum atomic E-state index is -4.79. The van der Waals surface area contributed by atoms with Gasteiger partial charge in [0.05, 0.1) is 5.56 Å². The molecule has 0 bridgehead atoms. The highest BCUT2D eigenvalue weighted by molar-refractivity contribution is 5.88. The van der Waals surface area contributed by atoms with Crippen molar-refractivity contribution in [2.45, 2.75) is 55.7 Å². The average molecular weight is 495 g/mol. The van der Waals surface area contributed by atoms with Gasteiger partial charge in [-0.05, 0) is 84.8 Å². The zero-order chi connectivity index (χ0) is 25.6.